The third-order valence-corrected chi connectivity index (χ3v) is 6.85. The zero-order valence-electron chi connectivity index (χ0n) is 19.5. The summed E-state index contributed by atoms with van der Waals surface area (Å²) in [6.45, 7) is 4.49. The van der Waals surface area contributed by atoms with Gasteiger partial charge in [0.2, 0.25) is 18.0 Å². The number of aromatic nitrogens is 3. The van der Waals surface area contributed by atoms with Crippen LogP contribution >= 0.6 is 11.3 Å². The summed E-state index contributed by atoms with van der Waals surface area (Å²) in [6.07, 6.45) is 6.11. The smallest absolute Gasteiger partial charge is 0.241 e. The molecule has 4 rings (SSSR count). The Morgan fingerprint density at radius 2 is 2.03 bits per heavy atom. The first kappa shape index (κ1) is 23.5. The van der Waals surface area contributed by atoms with Crippen molar-refractivity contribution in [2.24, 2.45) is 0 Å². The van der Waals surface area contributed by atoms with Crippen molar-refractivity contribution in [3.63, 3.8) is 0 Å². The zero-order chi connectivity index (χ0) is 24.4. The standard InChI is InChI=1S/C24H26N4O5S/c1-14-23(34-15(2)26-14)21(29)19-20(16-6-7-17(32-3)18(12-16)33-4)28(24(31)22(19)30)10-5-9-27-11-8-25-13-27/h6-8,11-13,20H,5,9-10H2,1-4H3,(H,29,30). The predicted molar refractivity (Wildman–Crippen MR) is 123 cm³/mol. The van der Waals surface area contributed by atoms with Gasteiger partial charge in [-0.2, -0.15) is 0 Å². The van der Waals surface area contributed by atoms with Gasteiger partial charge >= 0.3 is 0 Å². The maximum atomic E-state index is 13.6. The third kappa shape index (κ3) is 4.28. The lowest BCUT2D eigenvalue weighted by molar-refractivity contribution is -0.695. The molecule has 1 aromatic carbocycles. The number of benzene rings is 1. The summed E-state index contributed by atoms with van der Waals surface area (Å²) in [5, 5.41) is 13.9. The number of H-pyrrole nitrogens is 1. The summed E-state index contributed by atoms with van der Waals surface area (Å²) in [5.41, 5.74) is 1.10. The van der Waals surface area contributed by atoms with E-state index in [4.69, 9.17) is 9.47 Å². The van der Waals surface area contributed by atoms with Crippen molar-refractivity contribution in [1.82, 2.24) is 14.9 Å². The molecule has 178 valence electrons. The molecule has 34 heavy (non-hydrogen) atoms. The molecule has 9 nitrogen and oxygen atoms in total. The van der Waals surface area contributed by atoms with Crippen molar-refractivity contribution in [1.29, 1.82) is 0 Å². The fourth-order valence-corrected chi connectivity index (χ4v) is 5.09. The first-order chi connectivity index (χ1) is 16.3. The van der Waals surface area contributed by atoms with Crippen molar-refractivity contribution in [3.8, 4) is 11.5 Å². The topological polar surface area (TPSA) is 111 Å². The van der Waals surface area contributed by atoms with Crippen LogP contribution in [0.25, 0.3) is 0 Å². The number of ether oxygens (including phenoxy) is 2. The molecule has 1 amide bonds. The highest BCUT2D eigenvalue weighted by molar-refractivity contribution is 7.14. The third-order valence-electron chi connectivity index (χ3n) is 5.78. The lowest BCUT2D eigenvalue weighted by atomic mass is 9.94. The van der Waals surface area contributed by atoms with E-state index < -0.39 is 23.5 Å². The molecule has 1 aliphatic heterocycles. The molecule has 1 aliphatic rings. The largest absolute Gasteiger partial charge is 0.868 e. The summed E-state index contributed by atoms with van der Waals surface area (Å²) >= 11 is 1.23. The van der Waals surface area contributed by atoms with Gasteiger partial charge in [0.1, 0.15) is 12.4 Å². The van der Waals surface area contributed by atoms with E-state index in [2.05, 4.69) is 9.97 Å². The van der Waals surface area contributed by atoms with Crippen LogP contribution < -0.4 is 19.1 Å². The minimum atomic E-state index is -0.828. The van der Waals surface area contributed by atoms with Crippen LogP contribution in [0.4, 0.5) is 0 Å². The first-order valence-electron chi connectivity index (χ1n) is 10.8. The van der Waals surface area contributed by atoms with E-state index in [-0.39, 0.29) is 5.57 Å². The van der Waals surface area contributed by atoms with Crippen LogP contribution in [0.3, 0.4) is 0 Å². The van der Waals surface area contributed by atoms with Gasteiger partial charge in [0, 0.05) is 18.5 Å². The van der Waals surface area contributed by atoms with E-state index in [9.17, 15) is 14.7 Å². The minimum Gasteiger partial charge on any atom is -0.868 e. The number of carbonyl (C=O) groups is 2. The number of ketones is 1. The molecule has 2 aromatic heterocycles. The van der Waals surface area contributed by atoms with Crippen LogP contribution in [0, 0.1) is 13.8 Å². The van der Waals surface area contributed by atoms with Gasteiger partial charge < -0.3 is 19.5 Å². The Morgan fingerprint density at radius 3 is 2.65 bits per heavy atom. The molecular formula is C24H26N4O5S. The molecule has 0 fully saturated rings. The highest BCUT2D eigenvalue weighted by Gasteiger charge is 2.40. The number of hydrogen-bond donors (Lipinski definition) is 1. The Hall–Kier alpha value is -3.66. The van der Waals surface area contributed by atoms with Crippen LogP contribution in [0.5, 0.6) is 11.5 Å². The number of thiazole rings is 1. The van der Waals surface area contributed by atoms with E-state index in [0.717, 1.165) is 5.01 Å². The molecule has 3 aromatic rings. The normalized spacial score (nSPS) is 15.8. The SMILES string of the molecule is COc1ccc(C2C(C(=O)c3sc(C)nc3C)=C([O-])C(=O)N2CCC[n+]2cc[nH]c2)cc1OC. The zero-order valence-corrected chi connectivity index (χ0v) is 20.3. The van der Waals surface area contributed by atoms with Gasteiger partial charge in [-0.1, -0.05) is 6.07 Å². The molecule has 1 atom stereocenters. The highest BCUT2D eigenvalue weighted by Crippen LogP contribution is 2.41. The molecule has 0 bridgehead atoms. The second kappa shape index (κ2) is 9.68. The Labute approximate surface area is 201 Å². The Bertz CT molecular complexity index is 1250. The number of nitrogens with zero attached hydrogens (tertiary/aromatic N) is 3. The second-order valence-electron chi connectivity index (χ2n) is 7.94. The lowest BCUT2D eigenvalue weighted by Gasteiger charge is -2.28. The van der Waals surface area contributed by atoms with E-state index >= 15 is 0 Å². The maximum absolute atomic E-state index is 13.6. The van der Waals surface area contributed by atoms with E-state index in [1.807, 2.05) is 17.1 Å². The van der Waals surface area contributed by atoms with Crippen molar-refractivity contribution in [3.05, 3.63) is 69.4 Å². The Balaban J connectivity index is 1.74. The number of imidazole rings is 1. The molecule has 0 spiro atoms. The number of rotatable bonds is 9. The number of carbonyl (C=O) groups excluding carboxylic acids is 2. The van der Waals surface area contributed by atoms with Gasteiger partial charge in [0.15, 0.2) is 11.5 Å². The van der Waals surface area contributed by atoms with Gasteiger partial charge in [0.05, 0.1) is 42.4 Å². The van der Waals surface area contributed by atoms with Crippen LogP contribution in [-0.2, 0) is 11.3 Å². The average Bonchev–Trinajstić information content (AvgIpc) is 3.53. The minimum absolute atomic E-state index is 0.0572. The fourth-order valence-electron chi connectivity index (χ4n) is 4.22. The van der Waals surface area contributed by atoms with Crippen LogP contribution in [-0.4, -0.2) is 47.3 Å². The molecule has 0 saturated heterocycles. The number of hydrogen-bond acceptors (Lipinski definition) is 7. The Kier molecular flexibility index (Phi) is 6.69. The number of amides is 1. The summed E-state index contributed by atoms with van der Waals surface area (Å²) in [5.74, 6) is -0.945. The van der Waals surface area contributed by atoms with Crippen LogP contribution in [0.15, 0.2) is 48.3 Å². The molecule has 0 radical (unpaired) electrons. The van der Waals surface area contributed by atoms with E-state index in [0.29, 0.717) is 47.1 Å². The number of aromatic amines is 1. The molecule has 10 heteroatoms. The van der Waals surface area contributed by atoms with E-state index in [1.165, 1.54) is 30.5 Å². The van der Waals surface area contributed by atoms with Gasteiger partial charge in [-0.3, -0.25) is 14.6 Å². The van der Waals surface area contributed by atoms with Crippen molar-refractivity contribution in [2.75, 3.05) is 20.8 Å². The fraction of sp³-hybridized carbons (Fsp3) is 0.333. The summed E-state index contributed by atoms with van der Waals surface area (Å²) < 4.78 is 12.7. The summed E-state index contributed by atoms with van der Waals surface area (Å²) in [7, 11) is 3.04. The first-order valence-corrected chi connectivity index (χ1v) is 11.6. The summed E-state index contributed by atoms with van der Waals surface area (Å²) in [4.78, 5) is 35.9. The average molecular weight is 483 g/mol. The lowest BCUT2D eigenvalue weighted by Crippen LogP contribution is -2.37. The van der Waals surface area contributed by atoms with Crippen LogP contribution in [0.1, 0.15) is 38.4 Å². The highest BCUT2D eigenvalue weighted by atomic mass is 32.1. The van der Waals surface area contributed by atoms with Crippen molar-refractivity contribution < 1.29 is 28.7 Å². The number of nitrogens with one attached hydrogen (secondary N) is 1. The predicted octanol–water partition coefficient (Wildman–Crippen LogP) is 1.86. The number of aryl methyl sites for hydroxylation is 3. The molecule has 0 aliphatic carbocycles. The molecule has 0 saturated carbocycles. The van der Waals surface area contributed by atoms with Crippen LogP contribution in [0.2, 0.25) is 0 Å². The van der Waals surface area contributed by atoms with Gasteiger partial charge in [0.25, 0.3) is 0 Å². The van der Waals surface area contributed by atoms with Gasteiger partial charge in [-0.15, -0.1) is 11.3 Å². The summed E-state index contributed by atoms with van der Waals surface area (Å²) in [6, 6.07) is 4.34. The second-order valence-corrected chi connectivity index (χ2v) is 9.14. The number of methoxy groups -OCH3 is 2. The molecule has 1 N–H and O–H groups in total. The molecular weight excluding hydrogens is 456 g/mol. The number of Topliss-reactive ketones (excluding diaryl/α,β-unsaturated/α-hetero) is 1. The quantitative estimate of drug-likeness (QED) is 0.368. The van der Waals surface area contributed by atoms with Crippen molar-refractivity contribution in [2.45, 2.75) is 32.9 Å². The molecule has 3 heterocycles. The van der Waals surface area contributed by atoms with Crippen molar-refractivity contribution >= 4 is 23.0 Å². The maximum Gasteiger partial charge on any atom is 0.241 e. The van der Waals surface area contributed by atoms with E-state index in [1.54, 1.807) is 38.2 Å². The monoisotopic (exact) mass is 482 g/mol. The Morgan fingerprint density at radius 1 is 1.26 bits per heavy atom. The molecule has 1 unspecified atom stereocenters. The van der Waals surface area contributed by atoms with Gasteiger partial charge in [-0.25, -0.2) is 9.55 Å². The van der Waals surface area contributed by atoms with Gasteiger partial charge in [-0.05, 0) is 37.3 Å².